The smallest absolute Gasteiger partial charge is 0.255 e. The summed E-state index contributed by atoms with van der Waals surface area (Å²) in [7, 11) is 1.94. The lowest BCUT2D eigenvalue weighted by atomic mass is 9.99. The van der Waals surface area contributed by atoms with Crippen LogP contribution in [-0.4, -0.2) is 40.4 Å². The first kappa shape index (κ1) is 13.2. The summed E-state index contributed by atoms with van der Waals surface area (Å²) < 4.78 is 1.95. The van der Waals surface area contributed by atoms with E-state index in [0.717, 1.165) is 30.5 Å². The maximum absolute atomic E-state index is 12.7. The van der Waals surface area contributed by atoms with Gasteiger partial charge in [-0.15, -0.1) is 0 Å². The highest BCUT2D eigenvalue weighted by atomic mass is 16.2. The van der Waals surface area contributed by atoms with Crippen molar-refractivity contribution < 1.29 is 9.59 Å². The number of likely N-dealkylation sites (tertiary alicyclic amines) is 1. The van der Waals surface area contributed by atoms with Crippen molar-refractivity contribution in [1.82, 2.24) is 14.8 Å². The van der Waals surface area contributed by atoms with Gasteiger partial charge in [0.25, 0.3) is 5.91 Å². The first-order valence-electron chi connectivity index (χ1n) is 7.28. The molecule has 2 amide bonds. The average Bonchev–Trinajstić information content (AvgIpc) is 2.57. The summed E-state index contributed by atoms with van der Waals surface area (Å²) in [5, 5.41) is 3.06. The zero-order valence-corrected chi connectivity index (χ0v) is 12.1. The standard InChI is InChI=1S/C15H21N3O2/c1-10-13(6-7-17(10)2)15(20)18-8-11-4-3-5-12(9-18)16-14(11)19/h6-7,11-12H,3-5,8-9H2,1-2H3,(H,16,19)/t11-,12+/m1/s1. The molecular formula is C15H21N3O2. The topological polar surface area (TPSA) is 54.3 Å². The Morgan fingerprint density at radius 1 is 1.35 bits per heavy atom. The van der Waals surface area contributed by atoms with Gasteiger partial charge in [0.2, 0.25) is 5.91 Å². The molecule has 20 heavy (non-hydrogen) atoms. The van der Waals surface area contributed by atoms with E-state index >= 15 is 0 Å². The van der Waals surface area contributed by atoms with Gasteiger partial charge >= 0.3 is 0 Å². The Balaban J connectivity index is 1.85. The Kier molecular flexibility index (Phi) is 3.28. The van der Waals surface area contributed by atoms with E-state index in [4.69, 9.17) is 0 Å². The SMILES string of the molecule is Cc1c(C(=O)N2C[C@@H]3CCC[C@H](C2)C(=O)N3)ccn1C. The Morgan fingerprint density at radius 3 is 2.85 bits per heavy atom. The molecule has 0 radical (unpaired) electrons. The van der Waals surface area contributed by atoms with Gasteiger partial charge in [-0.1, -0.05) is 6.42 Å². The van der Waals surface area contributed by atoms with Crippen LogP contribution < -0.4 is 5.32 Å². The number of aromatic nitrogens is 1. The van der Waals surface area contributed by atoms with E-state index in [1.807, 2.05) is 35.7 Å². The van der Waals surface area contributed by atoms with Gasteiger partial charge in [-0.05, 0) is 25.8 Å². The number of hydrogen-bond donors (Lipinski definition) is 1. The average molecular weight is 275 g/mol. The van der Waals surface area contributed by atoms with Gasteiger partial charge < -0.3 is 14.8 Å². The number of nitrogens with one attached hydrogen (secondary N) is 1. The van der Waals surface area contributed by atoms with Crippen LogP contribution in [0.25, 0.3) is 0 Å². The van der Waals surface area contributed by atoms with E-state index in [2.05, 4.69) is 5.32 Å². The molecule has 2 aliphatic rings. The van der Waals surface area contributed by atoms with Gasteiger partial charge in [-0.25, -0.2) is 0 Å². The molecule has 0 saturated carbocycles. The third-order valence-corrected chi connectivity index (χ3v) is 4.61. The van der Waals surface area contributed by atoms with Crippen molar-refractivity contribution in [2.75, 3.05) is 13.1 Å². The molecule has 2 bridgehead atoms. The highest BCUT2D eigenvalue weighted by molar-refractivity contribution is 5.96. The number of rotatable bonds is 1. The van der Waals surface area contributed by atoms with E-state index in [1.165, 1.54) is 0 Å². The zero-order valence-electron chi connectivity index (χ0n) is 12.1. The predicted molar refractivity (Wildman–Crippen MR) is 75.3 cm³/mol. The number of fused-ring (bicyclic) bond motifs is 3. The number of carbonyl (C=O) groups is 2. The summed E-state index contributed by atoms with van der Waals surface area (Å²) in [5.41, 5.74) is 1.73. The van der Waals surface area contributed by atoms with Gasteiger partial charge in [-0.2, -0.15) is 0 Å². The van der Waals surface area contributed by atoms with Crippen LogP contribution in [0.4, 0.5) is 0 Å². The van der Waals surface area contributed by atoms with Crippen LogP contribution in [0, 0.1) is 12.8 Å². The molecular weight excluding hydrogens is 254 g/mol. The molecule has 3 rings (SSSR count). The number of amides is 2. The molecule has 5 nitrogen and oxygen atoms in total. The second-order valence-electron chi connectivity index (χ2n) is 5.97. The molecule has 108 valence electrons. The molecule has 0 aliphatic carbocycles. The third-order valence-electron chi connectivity index (χ3n) is 4.61. The molecule has 5 heteroatoms. The Hall–Kier alpha value is -1.78. The molecule has 2 aliphatic heterocycles. The second-order valence-corrected chi connectivity index (χ2v) is 5.97. The minimum absolute atomic E-state index is 0.0459. The maximum Gasteiger partial charge on any atom is 0.255 e. The van der Waals surface area contributed by atoms with Crippen molar-refractivity contribution in [3.63, 3.8) is 0 Å². The molecule has 0 spiro atoms. The fourth-order valence-electron chi connectivity index (χ4n) is 3.22. The summed E-state index contributed by atoms with van der Waals surface area (Å²) in [5.74, 6) is 0.125. The van der Waals surface area contributed by atoms with Gasteiger partial charge in [0.1, 0.15) is 0 Å². The third kappa shape index (κ3) is 2.21. The minimum atomic E-state index is -0.0459. The van der Waals surface area contributed by atoms with Crippen molar-refractivity contribution in [3.05, 3.63) is 23.5 Å². The largest absolute Gasteiger partial charge is 0.354 e. The van der Waals surface area contributed by atoms with Crippen LogP contribution in [-0.2, 0) is 11.8 Å². The number of carbonyl (C=O) groups excluding carboxylic acids is 2. The van der Waals surface area contributed by atoms with Crippen LogP contribution in [0.1, 0.15) is 35.3 Å². The predicted octanol–water partition coefficient (Wildman–Crippen LogP) is 1.07. The molecule has 2 atom stereocenters. The van der Waals surface area contributed by atoms with E-state index in [9.17, 15) is 9.59 Å². The van der Waals surface area contributed by atoms with Gasteiger partial charge in [0, 0.05) is 38.1 Å². The number of hydrogen-bond acceptors (Lipinski definition) is 2. The lowest BCUT2D eigenvalue weighted by Gasteiger charge is -2.27. The van der Waals surface area contributed by atoms with Gasteiger partial charge in [0.15, 0.2) is 0 Å². The maximum atomic E-state index is 12.7. The summed E-state index contributed by atoms with van der Waals surface area (Å²) in [6.45, 7) is 3.14. The van der Waals surface area contributed by atoms with Crippen LogP contribution >= 0.6 is 0 Å². The first-order chi connectivity index (χ1) is 9.56. The molecule has 0 aromatic carbocycles. The van der Waals surface area contributed by atoms with Crippen molar-refractivity contribution >= 4 is 11.8 Å². The van der Waals surface area contributed by atoms with E-state index in [-0.39, 0.29) is 23.8 Å². The van der Waals surface area contributed by atoms with E-state index < -0.39 is 0 Å². The summed E-state index contributed by atoms with van der Waals surface area (Å²) in [4.78, 5) is 26.6. The molecule has 3 heterocycles. The molecule has 1 N–H and O–H groups in total. The van der Waals surface area contributed by atoms with E-state index in [0.29, 0.717) is 13.1 Å². The van der Waals surface area contributed by atoms with Crippen LogP contribution in [0.5, 0.6) is 0 Å². The highest BCUT2D eigenvalue weighted by Gasteiger charge is 2.35. The number of aryl methyl sites for hydroxylation is 1. The fourth-order valence-corrected chi connectivity index (χ4v) is 3.22. The fraction of sp³-hybridized carbons (Fsp3) is 0.600. The van der Waals surface area contributed by atoms with Crippen LogP contribution in [0.3, 0.4) is 0 Å². The lowest BCUT2D eigenvalue weighted by molar-refractivity contribution is -0.124. The van der Waals surface area contributed by atoms with Crippen molar-refractivity contribution in [1.29, 1.82) is 0 Å². The highest BCUT2D eigenvalue weighted by Crippen LogP contribution is 2.23. The van der Waals surface area contributed by atoms with Crippen LogP contribution in [0.2, 0.25) is 0 Å². The zero-order chi connectivity index (χ0) is 14.3. The minimum Gasteiger partial charge on any atom is -0.354 e. The lowest BCUT2D eigenvalue weighted by Crippen LogP contribution is -2.41. The molecule has 2 saturated heterocycles. The number of nitrogens with zero attached hydrogens (tertiary/aromatic N) is 2. The van der Waals surface area contributed by atoms with E-state index in [1.54, 1.807) is 0 Å². The normalized spacial score (nSPS) is 26.1. The van der Waals surface area contributed by atoms with Crippen molar-refractivity contribution in [3.8, 4) is 0 Å². The molecule has 1 aromatic rings. The van der Waals surface area contributed by atoms with Crippen LogP contribution in [0.15, 0.2) is 12.3 Å². The summed E-state index contributed by atoms with van der Waals surface area (Å²) >= 11 is 0. The Labute approximate surface area is 118 Å². The molecule has 1 aromatic heterocycles. The first-order valence-corrected chi connectivity index (χ1v) is 7.28. The molecule has 0 unspecified atom stereocenters. The second kappa shape index (κ2) is 4.96. The Morgan fingerprint density at radius 2 is 2.15 bits per heavy atom. The van der Waals surface area contributed by atoms with Crippen molar-refractivity contribution in [2.24, 2.45) is 13.0 Å². The van der Waals surface area contributed by atoms with Crippen molar-refractivity contribution in [2.45, 2.75) is 32.2 Å². The van der Waals surface area contributed by atoms with Gasteiger partial charge in [-0.3, -0.25) is 9.59 Å². The summed E-state index contributed by atoms with van der Waals surface area (Å²) in [6, 6.07) is 1.98. The quantitative estimate of drug-likeness (QED) is 0.833. The molecule has 2 fully saturated rings. The summed E-state index contributed by atoms with van der Waals surface area (Å²) in [6.07, 6.45) is 4.84. The Bertz CT molecular complexity index is 549. The monoisotopic (exact) mass is 275 g/mol. The van der Waals surface area contributed by atoms with Gasteiger partial charge in [0.05, 0.1) is 11.5 Å².